The monoisotopic (exact) mass is 154 g/mol. The van der Waals surface area contributed by atoms with Crippen LogP contribution in [0, 0.1) is 0 Å². The van der Waals surface area contributed by atoms with Crippen molar-refractivity contribution >= 4 is 12.6 Å². The van der Waals surface area contributed by atoms with Gasteiger partial charge >= 0.3 is 0 Å². The van der Waals surface area contributed by atoms with Crippen LogP contribution in [0.15, 0.2) is 22.3 Å². The predicted molar refractivity (Wildman–Crippen MR) is 53.4 cm³/mol. The van der Waals surface area contributed by atoms with Crippen molar-refractivity contribution in [2.45, 2.75) is 34.1 Å². The molecule has 0 aromatic rings. The molecule has 11 heavy (non-hydrogen) atoms. The van der Waals surface area contributed by atoms with Gasteiger partial charge in [-0.1, -0.05) is 33.8 Å². The molecule has 0 N–H and O–H groups in total. The highest BCUT2D eigenvalue weighted by atomic mass is 14.8. The first kappa shape index (κ1) is 12.7. The Kier molecular flexibility index (Phi) is 18.6. The van der Waals surface area contributed by atoms with Gasteiger partial charge in [0, 0.05) is 18.8 Å². The Labute approximate surface area is 69.8 Å². The summed E-state index contributed by atoms with van der Waals surface area (Å²) in [7, 11) is 0. The first-order chi connectivity index (χ1) is 5.50. The molecule has 0 aromatic heterocycles. The largest absolute Gasteiger partial charge is 0.249 e. The van der Waals surface area contributed by atoms with Crippen molar-refractivity contribution in [3.05, 3.63) is 12.3 Å². The molecule has 0 saturated carbocycles. The van der Waals surface area contributed by atoms with Crippen LogP contribution in [0.5, 0.6) is 0 Å². The molecule has 0 radical (unpaired) electrons. The van der Waals surface area contributed by atoms with E-state index in [-0.39, 0.29) is 0 Å². The zero-order valence-corrected chi connectivity index (χ0v) is 7.91. The third kappa shape index (κ3) is 12.3. The van der Waals surface area contributed by atoms with Crippen molar-refractivity contribution in [2.75, 3.05) is 0 Å². The lowest BCUT2D eigenvalue weighted by atomic mass is 10.5. The lowest BCUT2D eigenvalue weighted by Gasteiger charge is -1.67. The van der Waals surface area contributed by atoms with E-state index in [9.17, 15) is 0 Å². The minimum atomic E-state index is 0.903. The highest BCUT2D eigenvalue weighted by Gasteiger charge is 1.72. The summed E-state index contributed by atoms with van der Waals surface area (Å²) in [6, 6.07) is 0. The molecule has 0 atom stereocenters. The third-order valence-electron chi connectivity index (χ3n) is 0.672. The van der Waals surface area contributed by atoms with E-state index in [0.29, 0.717) is 0 Å². The highest BCUT2D eigenvalue weighted by molar-refractivity contribution is 5.74. The molecule has 0 aliphatic carbocycles. The summed E-state index contributed by atoms with van der Waals surface area (Å²) in [5, 5.41) is 0. The maximum Gasteiger partial charge on any atom is 0.114 e. The van der Waals surface area contributed by atoms with E-state index < -0.39 is 0 Å². The Bertz CT molecular complexity index is 110. The molecule has 1 rings (SSSR count). The van der Waals surface area contributed by atoms with Crippen LogP contribution in [0.25, 0.3) is 0 Å². The summed E-state index contributed by atoms with van der Waals surface area (Å²) in [4.78, 5) is 7.56. The van der Waals surface area contributed by atoms with Gasteiger partial charge in [-0.2, -0.15) is 0 Å². The number of allylic oxidation sites excluding steroid dienone is 1. The van der Waals surface area contributed by atoms with Gasteiger partial charge in [0.25, 0.3) is 0 Å². The maximum atomic E-state index is 3.79. The van der Waals surface area contributed by atoms with Crippen molar-refractivity contribution in [1.82, 2.24) is 0 Å². The third-order valence-corrected chi connectivity index (χ3v) is 0.672. The number of rotatable bonds is 0. The number of hydrogen-bond acceptors (Lipinski definition) is 2. The Morgan fingerprint density at radius 2 is 1.64 bits per heavy atom. The van der Waals surface area contributed by atoms with E-state index >= 15 is 0 Å². The van der Waals surface area contributed by atoms with E-state index in [1.165, 1.54) is 6.34 Å². The molecule has 1 heterocycles. The van der Waals surface area contributed by atoms with Gasteiger partial charge in [-0.05, 0) is 0 Å². The molecule has 0 aromatic carbocycles. The van der Waals surface area contributed by atoms with E-state index in [4.69, 9.17) is 0 Å². The van der Waals surface area contributed by atoms with Crippen LogP contribution in [0.4, 0.5) is 0 Å². The molecule has 64 valence electrons. The zero-order chi connectivity index (χ0) is 8.95. The van der Waals surface area contributed by atoms with Crippen LogP contribution in [0.3, 0.4) is 0 Å². The van der Waals surface area contributed by atoms with Gasteiger partial charge in [0.05, 0.1) is 0 Å². The van der Waals surface area contributed by atoms with Crippen molar-refractivity contribution in [3.8, 4) is 0 Å². The Balaban J connectivity index is 0. The van der Waals surface area contributed by atoms with Crippen molar-refractivity contribution in [1.29, 1.82) is 0 Å². The second-order valence-electron chi connectivity index (χ2n) is 1.22. The molecular formula is C9H18N2. The lowest BCUT2D eigenvalue weighted by Crippen LogP contribution is -1.64. The highest BCUT2D eigenvalue weighted by Crippen LogP contribution is 1.82. The quantitative estimate of drug-likeness (QED) is 0.512. The fraction of sp³-hybridized carbons (Fsp3) is 0.556. The SMILES string of the molecule is C1=CN=CN=CC1.CC.CC. The van der Waals surface area contributed by atoms with Gasteiger partial charge < -0.3 is 0 Å². The van der Waals surface area contributed by atoms with Crippen molar-refractivity contribution in [3.63, 3.8) is 0 Å². The second kappa shape index (κ2) is 16.0. The molecule has 0 unspecified atom stereocenters. The summed E-state index contributed by atoms with van der Waals surface area (Å²) in [5.74, 6) is 0. The number of nitrogens with zero attached hydrogens (tertiary/aromatic N) is 2. The predicted octanol–water partition coefficient (Wildman–Crippen LogP) is 3.06. The summed E-state index contributed by atoms with van der Waals surface area (Å²) < 4.78 is 0. The Hall–Kier alpha value is -0.920. The van der Waals surface area contributed by atoms with Crippen LogP contribution >= 0.6 is 0 Å². The average Bonchev–Trinajstić information content (AvgIpc) is 2.42. The van der Waals surface area contributed by atoms with Gasteiger partial charge in [0.1, 0.15) is 6.34 Å². The first-order valence-corrected chi connectivity index (χ1v) is 4.18. The van der Waals surface area contributed by atoms with E-state index in [1.807, 2.05) is 40.0 Å². The normalized spacial score (nSPS) is 12.0. The zero-order valence-electron chi connectivity index (χ0n) is 7.91. The van der Waals surface area contributed by atoms with Gasteiger partial charge in [-0.3, -0.25) is 0 Å². The Morgan fingerprint density at radius 3 is 2.27 bits per heavy atom. The fourth-order valence-electron chi connectivity index (χ4n) is 0.368. The molecule has 0 spiro atoms. The lowest BCUT2D eigenvalue weighted by molar-refractivity contribution is 1.49. The maximum absolute atomic E-state index is 3.79. The summed E-state index contributed by atoms with van der Waals surface area (Å²) in [6.07, 6.45) is 7.94. The molecular weight excluding hydrogens is 136 g/mol. The summed E-state index contributed by atoms with van der Waals surface area (Å²) in [6.45, 7) is 8.00. The van der Waals surface area contributed by atoms with Gasteiger partial charge in [0.15, 0.2) is 0 Å². The van der Waals surface area contributed by atoms with Crippen molar-refractivity contribution < 1.29 is 0 Å². The van der Waals surface area contributed by atoms with E-state index in [0.717, 1.165) is 6.42 Å². The van der Waals surface area contributed by atoms with Crippen LogP contribution < -0.4 is 0 Å². The van der Waals surface area contributed by atoms with E-state index in [2.05, 4.69) is 9.98 Å². The second-order valence-corrected chi connectivity index (χ2v) is 1.22. The molecule has 0 bridgehead atoms. The minimum absolute atomic E-state index is 0.903. The first-order valence-electron chi connectivity index (χ1n) is 4.18. The Morgan fingerprint density at radius 1 is 1.00 bits per heavy atom. The average molecular weight is 154 g/mol. The standard InChI is InChI=1S/C5H6N2.2C2H6/c1-2-4-7-5-6-3-1;2*1-2/h1,3-5H,2H2;2*1-2H3. The molecule has 0 saturated heterocycles. The van der Waals surface area contributed by atoms with Gasteiger partial charge in [-0.15, -0.1) is 0 Å². The molecule has 0 amide bonds. The van der Waals surface area contributed by atoms with Crippen LogP contribution in [-0.4, -0.2) is 12.6 Å². The number of aliphatic imine (C=N–C) groups is 2. The van der Waals surface area contributed by atoms with Crippen LogP contribution in [0.2, 0.25) is 0 Å². The molecule has 1 aliphatic rings. The molecule has 1 aliphatic heterocycles. The molecule has 2 heteroatoms. The van der Waals surface area contributed by atoms with Gasteiger partial charge in [-0.25, -0.2) is 9.98 Å². The fourth-order valence-corrected chi connectivity index (χ4v) is 0.368. The minimum Gasteiger partial charge on any atom is -0.249 e. The number of hydrogen-bond donors (Lipinski definition) is 0. The van der Waals surface area contributed by atoms with Crippen LogP contribution in [0.1, 0.15) is 34.1 Å². The van der Waals surface area contributed by atoms with Crippen LogP contribution in [-0.2, 0) is 0 Å². The molecule has 0 fully saturated rings. The van der Waals surface area contributed by atoms with Gasteiger partial charge in [0.2, 0.25) is 0 Å². The van der Waals surface area contributed by atoms with Crippen molar-refractivity contribution in [2.24, 2.45) is 9.98 Å². The summed E-state index contributed by atoms with van der Waals surface area (Å²) in [5.41, 5.74) is 0. The molecule has 2 nitrogen and oxygen atoms in total. The summed E-state index contributed by atoms with van der Waals surface area (Å²) >= 11 is 0. The smallest absolute Gasteiger partial charge is 0.114 e. The topological polar surface area (TPSA) is 24.7 Å². The van der Waals surface area contributed by atoms with E-state index in [1.54, 1.807) is 6.20 Å².